The Morgan fingerprint density at radius 2 is 1.85 bits per heavy atom. The third kappa shape index (κ3) is 5.23. The number of halogens is 4. The average molecular weight is 405 g/mol. The molecule has 140 valence electrons. The molecule has 0 heterocycles. The second-order valence-electron chi connectivity index (χ2n) is 5.57. The van der Waals surface area contributed by atoms with E-state index in [1.165, 1.54) is 31.2 Å². The molecule has 1 unspecified atom stereocenters. The molecule has 0 saturated heterocycles. The van der Waals surface area contributed by atoms with Crippen molar-refractivity contribution in [1.82, 2.24) is 5.32 Å². The molecular weight excluding hydrogens is 389 g/mol. The van der Waals surface area contributed by atoms with Crippen molar-refractivity contribution in [3.63, 3.8) is 0 Å². The quantitative estimate of drug-likeness (QED) is 0.443. The first-order valence-electron chi connectivity index (χ1n) is 7.49. The molecule has 26 heavy (non-hydrogen) atoms. The second kappa shape index (κ2) is 8.11. The van der Waals surface area contributed by atoms with Crippen molar-refractivity contribution in [3.8, 4) is 5.75 Å². The van der Waals surface area contributed by atoms with Gasteiger partial charge in [0.25, 0.3) is 0 Å². The number of aliphatic hydroxyl groups excluding tert-OH is 1. The Morgan fingerprint density at radius 3 is 2.38 bits per heavy atom. The smallest absolute Gasteiger partial charge is 0.416 e. The number of rotatable bonds is 4. The highest BCUT2D eigenvalue weighted by Crippen LogP contribution is 2.35. The summed E-state index contributed by atoms with van der Waals surface area (Å²) in [5, 5.41) is 25.8. The summed E-state index contributed by atoms with van der Waals surface area (Å²) in [5.41, 5.74) is 0.322. The highest BCUT2D eigenvalue weighted by atomic mass is 35.5. The molecule has 0 spiro atoms. The number of phenolic OH excluding ortho intramolecular Hbond substituents is 1. The highest BCUT2D eigenvalue weighted by Gasteiger charge is 2.29. The van der Waals surface area contributed by atoms with Crippen LogP contribution < -0.4 is 10.6 Å². The molecule has 0 aliphatic carbocycles. The number of phenols is 1. The van der Waals surface area contributed by atoms with Gasteiger partial charge in [0.15, 0.2) is 5.11 Å². The number of aromatic hydroxyl groups is 1. The minimum absolute atomic E-state index is 0.138. The van der Waals surface area contributed by atoms with Crippen molar-refractivity contribution >= 4 is 34.6 Å². The highest BCUT2D eigenvalue weighted by molar-refractivity contribution is 7.80. The van der Waals surface area contributed by atoms with Crippen molar-refractivity contribution in [2.45, 2.75) is 25.7 Å². The lowest BCUT2D eigenvalue weighted by atomic mass is 10.1. The molecule has 0 aliphatic rings. The molecule has 0 bridgehead atoms. The lowest BCUT2D eigenvalue weighted by Crippen LogP contribution is -2.28. The van der Waals surface area contributed by atoms with Gasteiger partial charge in [-0.1, -0.05) is 23.7 Å². The molecule has 4 nitrogen and oxygen atoms in total. The van der Waals surface area contributed by atoms with Crippen molar-refractivity contribution < 1.29 is 23.4 Å². The van der Waals surface area contributed by atoms with Gasteiger partial charge in [0.2, 0.25) is 0 Å². The van der Waals surface area contributed by atoms with Crippen molar-refractivity contribution in [3.05, 3.63) is 58.1 Å². The third-order valence-corrected chi connectivity index (χ3v) is 4.00. The third-order valence-electron chi connectivity index (χ3n) is 3.54. The van der Waals surface area contributed by atoms with E-state index >= 15 is 0 Å². The van der Waals surface area contributed by atoms with Crippen molar-refractivity contribution in [1.29, 1.82) is 0 Å². The van der Waals surface area contributed by atoms with E-state index in [0.29, 0.717) is 10.6 Å². The maximum atomic E-state index is 12.5. The van der Waals surface area contributed by atoms with E-state index in [1.807, 2.05) is 0 Å². The van der Waals surface area contributed by atoms with E-state index in [-0.39, 0.29) is 28.7 Å². The second-order valence-corrected chi connectivity index (χ2v) is 6.41. The lowest BCUT2D eigenvalue weighted by Gasteiger charge is -2.16. The van der Waals surface area contributed by atoms with Crippen molar-refractivity contribution in [2.75, 3.05) is 5.32 Å². The topological polar surface area (TPSA) is 64.5 Å². The molecule has 0 saturated carbocycles. The maximum absolute atomic E-state index is 12.5. The van der Waals surface area contributed by atoms with Crippen LogP contribution in [0.5, 0.6) is 5.75 Å². The molecule has 0 radical (unpaired) electrons. The van der Waals surface area contributed by atoms with Gasteiger partial charge >= 0.3 is 6.18 Å². The number of alkyl halides is 3. The van der Waals surface area contributed by atoms with Gasteiger partial charge in [-0.25, -0.2) is 0 Å². The Hall–Kier alpha value is -2.03. The average Bonchev–Trinajstić information content (AvgIpc) is 2.55. The summed E-state index contributed by atoms with van der Waals surface area (Å²) in [6, 6.07) is 7.55. The van der Waals surface area contributed by atoms with Gasteiger partial charge in [0.05, 0.1) is 17.4 Å². The Labute approximate surface area is 158 Å². The molecule has 0 aliphatic heterocycles. The molecule has 2 aromatic carbocycles. The minimum atomic E-state index is -4.38. The Bertz CT molecular complexity index is 796. The summed E-state index contributed by atoms with van der Waals surface area (Å²) in [6.07, 6.45) is -5.31. The van der Waals surface area contributed by atoms with E-state index in [1.54, 1.807) is 0 Å². The van der Waals surface area contributed by atoms with Crippen LogP contribution in [0.3, 0.4) is 0 Å². The molecule has 0 amide bonds. The first kappa shape index (κ1) is 20.3. The standard InChI is InChI=1S/C17H16ClF3N2O2S/c1-9(24)13-6-12(18)7-14(15(13)25)23-16(26)22-8-10-2-4-11(5-3-10)17(19,20)21/h2-7,9,24-25H,8H2,1H3,(H2,22,23,26). The van der Waals surface area contributed by atoms with Crippen LogP contribution in [0.4, 0.5) is 18.9 Å². The van der Waals surface area contributed by atoms with Gasteiger partial charge < -0.3 is 20.8 Å². The molecular formula is C17H16ClF3N2O2S. The van der Waals surface area contributed by atoms with Gasteiger partial charge in [0.1, 0.15) is 5.75 Å². The van der Waals surface area contributed by atoms with Crippen LogP contribution in [0.25, 0.3) is 0 Å². The van der Waals surface area contributed by atoms with E-state index in [2.05, 4.69) is 10.6 Å². The van der Waals surface area contributed by atoms with Crippen LogP contribution in [0.1, 0.15) is 29.7 Å². The van der Waals surface area contributed by atoms with Crippen LogP contribution in [0.2, 0.25) is 5.02 Å². The minimum Gasteiger partial charge on any atom is -0.505 e. The van der Waals surface area contributed by atoms with E-state index in [4.69, 9.17) is 23.8 Å². The summed E-state index contributed by atoms with van der Waals surface area (Å²) in [4.78, 5) is 0. The molecule has 1 atom stereocenters. The zero-order chi connectivity index (χ0) is 19.5. The first-order chi connectivity index (χ1) is 12.1. The molecule has 2 aromatic rings. The number of nitrogens with one attached hydrogen (secondary N) is 2. The molecule has 4 N–H and O–H groups in total. The number of hydrogen-bond donors (Lipinski definition) is 4. The number of thiocarbonyl (C=S) groups is 1. The number of benzene rings is 2. The summed E-state index contributed by atoms with van der Waals surface area (Å²) in [7, 11) is 0. The largest absolute Gasteiger partial charge is 0.505 e. The van der Waals surface area contributed by atoms with Gasteiger partial charge in [-0.3, -0.25) is 0 Å². The summed E-state index contributed by atoms with van der Waals surface area (Å²) in [6.45, 7) is 1.67. The van der Waals surface area contributed by atoms with Gasteiger partial charge in [0, 0.05) is 17.1 Å². The summed E-state index contributed by atoms with van der Waals surface area (Å²) >= 11 is 11.1. The zero-order valence-corrected chi connectivity index (χ0v) is 15.1. The summed E-state index contributed by atoms with van der Waals surface area (Å²) < 4.78 is 37.6. The Balaban J connectivity index is 2.01. The van der Waals surface area contributed by atoms with Crippen LogP contribution in [0.15, 0.2) is 36.4 Å². The molecule has 2 rings (SSSR count). The predicted molar refractivity (Wildman–Crippen MR) is 98.3 cm³/mol. The van der Waals surface area contributed by atoms with E-state index < -0.39 is 17.8 Å². The van der Waals surface area contributed by atoms with Gasteiger partial charge in [-0.2, -0.15) is 13.2 Å². The number of aliphatic hydroxyl groups is 1. The van der Waals surface area contributed by atoms with Crippen LogP contribution >= 0.6 is 23.8 Å². The van der Waals surface area contributed by atoms with Crippen LogP contribution in [-0.2, 0) is 12.7 Å². The SMILES string of the molecule is CC(O)c1cc(Cl)cc(NC(=S)NCc2ccc(C(F)(F)F)cc2)c1O. The first-order valence-corrected chi connectivity index (χ1v) is 8.28. The molecule has 0 fully saturated rings. The molecule has 0 aromatic heterocycles. The summed E-state index contributed by atoms with van der Waals surface area (Å²) in [5.74, 6) is -0.192. The predicted octanol–water partition coefficient (Wildman–Crippen LogP) is 4.60. The van der Waals surface area contributed by atoms with E-state index in [9.17, 15) is 23.4 Å². The van der Waals surface area contributed by atoms with Crippen molar-refractivity contribution in [2.24, 2.45) is 0 Å². The fourth-order valence-corrected chi connectivity index (χ4v) is 2.60. The van der Waals surface area contributed by atoms with Gasteiger partial charge in [-0.15, -0.1) is 0 Å². The maximum Gasteiger partial charge on any atom is 0.416 e. The normalized spacial score (nSPS) is 12.5. The van der Waals surface area contributed by atoms with E-state index in [0.717, 1.165) is 12.1 Å². The lowest BCUT2D eigenvalue weighted by molar-refractivity contribution is -0.137. The molecule has 9 heteroatoms. The Kier molecular flexibility index (Phi) is 6.33. The Morgan fingerprint density at radius 1 is 1.23 bits per heavy atom. The fraction of sp³-hybridized carbons (Fsp3) is 0.235. The van der Waals surface area contributed by atoms with Gasteiger partial charge in [-0.05, 0) is 49.0 Å². The van der Waals surface area contributed by atoms with Crippen LogP contribution in [-0.4, -0.2) is 15.3 Å². The number of anilines is 1. The zero-order valence-electron chi connectivity index (χ0n) is 13.6. The monoisotopic (exact) mass is 404 g/mol. The van der Waals surface area contributed by atoms with Crippen LogP contribution in [0, 0.1) is 0 Å². The fourth-order valence-electron chi connectivity index (χ4n) is 2.19. The number of hydrogen-bond acceptors (Lipinski definition) is 3.